The van der Waals surface area contributed by atoms with Crippen molar-refractivity contribution in [2.45, 2.75) is 6.54 Å². The summed E-state index contributed by atoms with van der Waals surface area (Å²) in [6.07, 6.45) is 0. The topological polar surface area (TPSA) is 49.6 Å². The zero-order valence-electron chi connectivity index (χ0n) is 12.9. The molecule has 3 rings (SSSR count). The second-order valence-electron chi connectivity index (χ2n) is 5.80. The number of halogens is 1. The Kier molecular flexibility index (Phi) is 4.57. The lowest BCUT2D eigenvalue weighted by Crippen LogP contribution is -2.45. The Morgan fingerprint density at radius 1 is 0.957 bits per heavy atom. The van der Waals surface area contributed by atoms with E-state index in [1.54, 1.807) is 12.1 Å². The van der Waals surface area contributed by atoms with Gasteiger partial charge in [0.05, 0.1) is 0 Å². The van der Waals surface area contributed by atoms with Gasteiger partial charge in [0.1, 0.15) is 5.82 Å². The molecule has 0 spiro atoms. The Hall–Kier alpha value is -2.40. The van der Waals surface area contributed by atoms with Gasteiger partial charge in [-0.25, -0.2) is 4.39 Å². The van der Waals surface area contributed by atoms with E-state index in [2.05, 4.69) is 9.80 Å². The molecule has 5 heteroatoms. The van der Waals surface area contributed by atoms with Crippen molar-refractivity contribution < 1.29 is 9.18 Å². The molecule has 1 saturated heterocycles. The van der Waals surface area contributed by atoms with E-state index in [0.29, 0.717) is 5.56 Å². The lowest BCUT2D eigenvalue weighted by Gasteiger charge is -2.36. The van der Waals surface area contributed by atoms with E-state index in [9.17, 15) is 9.18 Å². The van der Waals surface area contributed by atoms with Crippen LogP contribution in [0.4, 0.5) is 10.1 Å². The maximum absolute atomic E-state index is 13.0. The van der Waals surface area contributed by atoms with Crippen LogP contribution in [-0.4, -0.2) is 37.0 Å². The Bertz CT molecular complexity index is 662. The zero-order chi connectivity index (χ0) is 16.2. The monoisotopic (exact) mass is 313 g/mol. The first kappa shape index (κ1) is 15.5. The number of hydrogen-bond acceptors (Lipinski definition) is 3. The van der Waals surface area contributed by atoms with E-state index in [0.717, 1.165) is 38.4 Å². The van der Waals surface area contributed by atoms with Crippen molar-refractivity contribution in [1.29, 1.82) is 0 Å². The number of carbonyl (C=O) groups is 1. The normalized spacial score (nSPS) is 15.6. The van der Waals surface area contributed by atoms with Crippen LogP contribution >= 0.6 is 0 Å². The number of anilines is 1. The van der Waals surface area contributed by atoms with Crippen LogP contribution in [0.5, 0.6) is 0 Å². The van der Waals surface area contributed by atoms with Crippen molar-refractivity contribution in [3.8, 4) is 0 Å². The van der Waals surface area contributed by atoms with E-state index in [4.69, 9.17) is 5.73 Å². The largest absolute Gasteiger partial charge is 0.369 e. The quantitative estimate of drug-likeness (QED) is 0.942. The van der Waals surface area contributed by atoms with Crippen molar-refractivity contribution in [1.82, 2.24) is 4.90 Å². The molecule has 1 aliphatic heterocycles. The Balaban J connectivity index is 1.54. The number of carbonyl (C=O) groups excluding carboxylic acids is 1. The number of piperazine rings is 1. The minimum absolute atomic E-state index is 0.202. The van der Waals surface area contributed by atoms with E-state index < -0.39 is 5.91 Å². The molecule has 0 atom stereocenters. The fraction of sp³-hybridized carbons (Fsp3) is 0.278. The Labute approximate surface area is 135 Å². The molecule has 2 aromatic carbocycles. The minimum Gasteiger partial charge on any atom is -0.369 e. The van der Waals surface area contributed by atoms with Crippen LogP contribution in [0.25, 0.3) is 0 Å². The smallest absolute Gasteiger partial charge is 0.248 e. The van der Waals surface area contributed by atoms with Crippen LogP contribution in [0.15, 0.2) is 48.5 Å². The zero-order valence-corrected chi connectivity index (χ0v) is 12.9. The molecule has 1 aliphatic rings. The first-order chi connectivity index (χ1) is 11.1. The molecule has 1 heterocycles. The van der Waals surface area contributed by atoms with Gasteiger partial charge >= 0.3 is 0 Å². The second kappa shape index (κ2) is 6.79. The summed E-state index contributed by atoms with van der Waals surface area (Å²) < 4.78 is 13.0. The summed E-state index contributed by atoms with van der Waals surface area (Å²) in [6.45, 7) is 4.61. The Morgan fingerprint density at radius 3 is 2.13 bits per heavy atom. The number of nitrogens with zero attached hydrogens (tertiary/aromatic N) is 2. The molecule has 1 amide bonds. The van der Waals surface area contributed by atoms with Gasteiger partial charge in [-0.1, -0.05) is 12.1 Å². The summed E-state index contributed by atoms with van der Waals surface area (Å²) in [5, 5.41) is 0. The third-order valence-corrected chi connectivity index (χ3v) is 4.21. The lowest BCUT2D eigenvalue weighted by atomic mass is 10.1. The number of nitrogens with two attached hydrogens (primary N) is 1. The Morgan fingerprint density at radius 2 is 1.57 bits per heavy atom. The van der Waals surface area contributed by atoms with E-state index in [1.165, 1.54) is 17.7 Å². The molecular formula is C18H20FN3O. The molecular weight excluding hydrogens is 293 g/mol. The summed E-state index contributed by atoms with van der Waals surface area (Å²) >= 11 is 0. The molecule has 1 fully saturated rings. The van der Waals surface area contributed by atoms with E-state index >= 15 is 0 Å². The van der Waals surface area contributed by atoms with Crippen molar-refractivity contribution in [2.24, 2.45) is 5.73 Å². The van der Waals surface area contributed by atoms with Crippen LogP contribution in [-0.2, 0) is 6.54 Å². The molecule has 23 heavy (non-hydrogen) atoms. The van der Waals surface area contributed by atoms with Crippen molar-refractivity contribution in [3.05, 3.63) is 65.5 Å². The molecule has 0 radical (unpaired) electrons. The SMILES string of the molecule is NC(=O)c1ccc(CN2CCN(c3ccc(F)cc3)CC2)cc1. The highest BCUT2D eigenvalue weighted by atomic mass is 19.1. The molecule has 0 unspecified atom stereocenters. The van der Waals surface area contributed by atoms with Gasteiger partial charge in [-0.3, -0.25) is 9.69 Å². The predicted molar refractivity (Wildman–Crippen MR) is 88.8 cm³/mol. The molecule has 120 valence electrons. The van der Waals surface area contributed by atoms with Gasteiger partial charge in [0.2, 0.25) is 5.91 Å². The second-order valence-corrected chi connectivity index (χ2v) is 5.80. The first-order valence-corrected chi connectivity index (χ1v) is 7.73. The molecule has 0 aliphatic carbocycles. The summed E-state index contributed by atoms with van der Waals surface area (Å²) in [5.41, 5.74) is 8.02. The molecule has 0 saturated carbocycles. The number of benzene rings is 2. The molecule has 0 bridgehead atoms. The fourth-order valence-electron chi connectivity index (χ4n) is 2.85. The van der Waals surface area contributed by atoms with Crippen LogP contribution in [0.2, 0.25) is 0 Å². The van der Waals surface area contributed by atoms with Gasteiger partial charge in [0, 0.05) is 44.0 Å². The van der Waals surface area contributed by atoms with Crippen molar-refractivity contribution in [2.75, 3.05) is 31.1 Å². The molecule has 0 aromatic heterocycles. The highest BCUT2D eigenvalue weighted by molar-refractivity contribution is 5.92. The standard InChI is InChI=1S/C18H20FN3O/c19-16-5-7-17(8-6-16)22-11-9-21(10-12-22)13-14-1-3-15(4-2-14)18(20)23/h1-8H,9-13H2,(H2,20,23). The van der Waals surface area contributed by atoms with Crippen LogP contribution in [0, 0.1) is 5.82 Å². The van der Waals surface area contributed by atoms with Gasteiger partial charge in [-0.05, 0) is 42.0 Å². The van der Waals surface area contributed by atoms with Crippen LogP contribution in [0.1, 0.15) is 15.9 Å². The first-order valence-electron chi connectivity index (χ1n) is 7.73. The van der Waals surface area contributed by atoms with Crippen molar-refractivity contribution in [3.63, 3.8) is 0 Å². The number of hydrogen-bond donors (Lipinski definition) is 1. The summed E-state index contributed by atoms with van der Waals surface area (Å²) in [4.78, 5) is 15.7. The molecule has 4 nitrogen and oxygen atoms in total. The number of primary amides is 1. The maximum Gasteiger partial charge on any atom is 0.248 e. The van der Waals surface area contributed by atoms with Gasteiger partial charge < -0.3 is 10.6 Å². The molecule has 2 aromatic rings. The minimum atomic E-state index is -0.399. The number of amides is 1. The highest BCUT2D eigenvalue weighted by Gasteiger charge is 2.17. The predicted octanol–water partition coefficient (Wildman–Crippen LogP) is 2.25. The number of rotatable bonds is 4. The average Bonchev–Trinajstić information content (AvgIpc) is 2.57. The fourth-order valence-corrected chi connectivity index (χ4v) is 2.85. The van der Waals surface area contributed by atoms with Gasteiger partial charge in [-0.2, -0.15) is 0 Å². The van der Waals surface area contributed by atoms with Crippen molar-refractivity contribution >= 4 is 11.6 Å². The third kappa shape index (κ3) is 3.87. The van der Waals surface area contributed by atoms with Gasteiger partial charge in [0.15, 0.2) is 0 Å². The van der Waals surface area contributed by atoms with E-state index in [-0.39, 0.29) is 5.82 Å². The maximum atomic E-state index is 13.0. The van der Waals surface area contributed by atoms with E-state index in [1.807, 2.05) is 24.3 Å². The lowest BCUT2D eigenvalue weighted by molar-refractivity contribution is 0.100. The van der Waals surface area contributed by atoms with Crippen LogP contribution in [0.3, 0.4) is 0 Å². The van der Waals surface area contributed by atoms with Gasteiger partial charge in [-0.15, -0.1) is 0 Å². The van der Waals surface area contributed by atoms with Crippen LogP contribution < -0.4 is 10.6 Å². The average molecular weight is 313 g/mol. The third-order valence-electron chi connectivity index (χ3n) is 4.21. The highest BCUT2D eigenvalue weighted by Crippen LogP contribution is 2.18. The molecule has 2 N–H and O–H groups in total. The summed E-state index contributed by atoms with van der Waals surface area (Å²) in [5.74, 6) is -0.601. The summed E-state index contributed by atoms with van der Waals surface area (Å²) in [7, 11) is 0. The summed E-state index contributed by atoms with van der Waals surface area (Å²) in [6, 6.07) is 14.1. The van der Waals surface area contributed by atoms with Gasteiger partial charge in [0.25, 0.3) is 0 Å².